The summed E-state index contributed by atoms with van der Waals surface area (Å²) in [7, 11) is -3.59. The number of nitrogens with zero attached hydrogens (tertiary/aromatic N) is 1. The predicted octanol–water partition coefficient (Wildman–Crippen LogP) is 0.571. The molecule has 8 heteroatoms. The first-order chi connectivity index (χ1) is 7.79. The fourth-order valence-corrected chi connectivity index (χ4v) is 1.44. The van der Waals surface area contributed by atoms with E-state index in [-0.39, 0.29) is 23.8 Å². The number of non-ortho nitro benzene ring substituents is 1. The maximum absolute atomic E-state index is 10.7. The summed E-state index contributed by atoms with van der Waals surface area (Å²) in [5.74, 6) is -0.0577. The van der Waals surface area contributed by atoms with Crippen molar-refractivity contribution in [2.75, 3.05) is 12.4 Å². The highest BCUT2D eigenvalue weighted by Gasteiger charge is 2.10. The molecule has 94 valence electrons. The van der Waals surface area contributed by atoms with Crippen molar-refractivity contribution in [2.45, 2.75) is 6.92 Å². The summed E-state index contributed by atoms with van der Waals surface area (Å²) in [5.41, 5.74) is 0.575. The van der Waals surface area contributed by atoms with Crippen LogP contribution in [0.5, 0.6) is 5.75 Å². The lowest BCUT2D eigenvalue weighted by atomic mass is 10.2. The Labute approximate surface area is 98.4 Å². The van der Waals surface area contributed by atoms with Crippen molar-refractivity contribution in [2.24, 2.45) is 5.14 Å². The van der Waals surface area contributed by atoms with Crippen LogP contribution in [-0.4, -0.2) is 25.7 Å². The summed E-state index contributed by atoms with van der Waals surface area (Å²) < 4.78 is 26.5. The minimum Gasteiger partial charge on any atom is -0.492 e. The van der Waals surface area contributed by atoms with Gasteiger partial charge in [-0.1, -0.05) is 0 Å². The van der Waals surface area contributed by atoms with E-state index in [1.165, 1.54) is 18.2 Å². The SMILES string of the molecule is Cc1ccc([N+](=O)[O-])cc1OCCS(N)(=O)=O. The second-order valence-electron chi connectivity index (χ2n) is 3.42. The van der Waals surface area contributed by atoms with Crippen molar-refractivity contribution in [1.29, 1.82) is 0 Å². The second kappa shape index (κ2) is 5.11. The zero-order valence-electron chi connectivity index (χ0n) is 9.12. The third kappa shape index (κ3) is 4.37. The number of nitro groups is 1. The molecule has 1 aromatic carbocycles. The molecule has 0 aliphatic rings. The number of nitro benzene ring substituents is 1. The van der Waals surface area contributed by atoms with E-state index in [0.717, 1.165) is 0 Å². The normalized spacial score (nSPS) is 11.2. The number of hydrogen-bond donors (Lipinski definition) is 1. The molecule has 0 unspecified atom stereocenters. The van der Waals surface area contributed by atoms with Crippen LogP contribution in [0.25, 0.3) is 0 Å². The van der Waals surface area contributed by atoms with Crippen LogP contribution in [0.1, 0.15) is 5.56 Å². The molecule has 7 nitrogen and oxygen atoms in total. The van der Waals surface area contributed by atoms with Gasteiger partial charge in [0.2, 0.25) is 10.0 Å². The summed E-state index contributed by atoms with van der Waals surface area (Å²) in [4.78, 5) is 9.98. The highest BCUT2D eigenvalue weighted by Crippen LogP contribution is 2.23. The van der Waals surface area contributed by atoms with E-state index in [9.17, 15) is 18.5 Å². The van der Waals surface area contributed by atoms with Crippen molar-refractivity contribution < 1.29 is 18.1 Å². The molecule has 0 aliphatic carbocycles. The van der Waals surface area contributed by atoms with Gasteiger partial charge >= 0.3 is 0 Å². The van der Waals surface area contributed by atoms with Gasteiger partial charge in [-0.05, 0) is 18.6 Å². The first kappa shape index (κ1) is 13.4. The molecular weight excluding hydrogens is 248 g/mol. The summed E-state index contributed by atoms with van der Waals surface area (Å²) >= 11 is 0. The van der Waals surface area contributed by atoms with Gasteiger partial charge in [-0.2, -0.15) is 0 Å². The largest absolute Gasteiger partial charge is 0.492 e. The average Bonchev–Trinajstić information content (AvgIpc) is 2.18. The Kier molecular flexibility index (Phi) is 4.02. The third-order valence-corrected chi connectivity index (χ3v) is 2.74. The van der Waals surface area contributed by atoms with Gasteiger partial charge < -0.3 is 4.74 Å². The minimum absolute atomic E-state index is 0.110. The quantitative estimate of drug-likeness (QED) is 0.614. The maximum atomic E-state index is 10.7. The number of sulfonamides is 1. The van der Waals surface area contributed by atoms with Crippen LogP contribution < -0.4 is 9.88 Å². The Balaban J connectivity index is 2.76. The molecule has 1 rings (SSSR count). The highest BCUT2D eigenvalue weighted by molar-refractivity contribution is 7.89. The minimum atomic E-state index is -3.59. The van der Waals surface area contributed by atoms with E-state index in [0.29, 0.717) is 5.56 Å². The van der Waals surface area contributed by atoms with Crippen molar-refractivity contribution in [3.63, 3.8) is 0 Å². The summed E-state index contributed by atoms with van der Waals surface area (Å²) in [5, 5.41) is 15.3. The fourth-order valence-electron chi connectivity index (χ4n) is 1.13. The average molecular weight is 260 g/mol. The van der Waals surface area contributed by atoms with E-state index in [1.807, 2.05) is 0 Å². The Morgan fingerprint density at radius 3 is 2.65 bits per heavy atom. The van der Waals surface area contributed by atoms with Gasteiger partial charge in [0.05, 0.1) is 16.7 Å². The summed E-state index contributed by atoms with van der Waals surface area (Å²) in [6.45, 7) is 1.57. The lowest BCUT2D eigenvalue weighted by Gasteiger charge is -2.07. The molecule has 0 atom stereocenters. The third-order valence-electron chi connectivity index (χ3n) is 2.01. The molecular formula is C9H12N2O5S. The molecule has 2 N–H and O–H groups in total. The predicted molar refractivity (Wildman–Crippen MR) is 61.3 cm³/mol. The van der Waals surface area contributed by atoms with Gasteiger partial charge in [-0.25, -0.2) is 13.6 Å². The van der Waals surface area contributed by atoms with Gasteiger partial charge in [0.15, 0.2) is 0 Å². The number of nitrogens with two attached hydrogens (primary N) is 1. The Hall–Kier alpha value is -1.67. The molecule has 0 spiro atoms. The van der Waals surface area contributed by atoms with Gasteiger partial charge in [0.25, 0.3) is 5.69 Å². The van der Waals surface area contributed by atoms with Crippen molar-refractivity contribution >= 4 is 15.7 Å². The zero-order chi connectivity index (χ0) is 13.1. The Morgan fingerprint density at radius 1 is 1.47 bits per heavy atom. The van der Waals surface area contributed by atoms with E-state index in [1.54, 1.807) is 6.92 Å². The molecule has 0 bridgehead atoms. The molecule has 17 heavy (non-hydrogen) atoms. The van der Waals surface area contributed by atoms with Gasteiger partial charge in [0.1, 0.15) is 12.4 Å². The van der Waals surface area contributed by atoms with Crippen LogP contribution >= 0.6 is 0 Å². The molecule has 0 aliphatic heterocycles. The zero-order valence-corrected chi connectivity index (χ0v) is 9.94. The van der Waals surface area contributed by atoms with Crippen LogP contribution in [0.3, 0.4) is 0 Å². The van der Waals surface area contributed by atoms with E-state index in [4.69, 9.17) is 9.88 Å². The molecule has 0 radical (unpaired) electrons. The highest BCUT2D eigenvalue weighted by atomic mass is 32.2. The Morgan fingerprint density at radius 2 is 2.12 bits per heavy atom. The monoisotopic (exact) mass is 260 g/mol. The lowest BCUT2D eigenvalue weighted by molar-refractivity contribution is -0.384. The van der Waals surface area contributed by atoms with Gasteiger partial charge in [-0.15, -0.1) is 0 Å². The second-order valence-corrected chi connectivity index (χ2v) is 5.16. The Bertz CT molecular complexity index is 526. The maximum Gasteiger partial charge on any atom is 0.273 e. The number of ether oxygens (including phenoxy) is 1. The van der Waals surface area contributed by atoms with Crippen molar-refractivity contribution in [3.8, 4) is 5.75 Å². The molecule has 0 amide bonds. The molecule has 0 aromatic heterocycles. The summed E-state index contributed by atoms with van der Waals surface area (Å²) in [6, 6.07) is 4.13. The van der Waals surface area contributed by atoms with E-state index >= 15 is 0 Å². The smallest absolute Gasteiger partial charge is 0.273 e. The number of primary sulfonamides is 1. The van der Waals surface area contributed by atoms with Crippen LogP contribution in [0, 0.1) is 17.0 Å². The van der Waals surface area contributed by atoms with Crippen LogP contribution in [0.4, 0.5) is 5.69 Å². The molecule has 0 saturated carbocycles. The van der Waals surface area contributed by atoms with Gasteiger partial charge in [0, 0.05) is 6.07 Å². The number of aryl methyl sites for hydroxylation is 1. The molecule has 0 fully saturated rings. The van der Waals surface area contributed by atoms with Crippen LogP contribution in [-0.2, 0) is 10.0 Å². The van der Waals surface area contributed by atoms with Crippen LogP contribution in [0.2, 0.25) is 0 Å². The fraction of sp³-hybridized carbons (Fsp3) is 0.333. The number of hydrogen-bond acceptors (Lipinski definition) is 5. The first-order valence-corrected chi connectivity index (χ1v) is 6.39. The van der Waals surface area contributed by atoms with E-state index < -0.39 is 14.9 Å². The topological polar surface area (TPSA) is 113 Å². The van der Waals surface area contributed by atoms with Gasteiger partial charge in [-0.3, -0.25) is 10.1 Å². The lowest BCUT2D eigenvalue weighted by Crippen LogP contribution is -2.21. The van der Waals surface area contributed by atoms with Crippen molar-refractivity contribution in [1.82, 2.24) is 0 Å². The summed E-state index contributed by atoms with van der Waals surface area (Å²) in [6.07, 6.45) is 0. The van der Waals surface area contributed by atoms with E-state index in [2.05, 4.69) is 0 Å². The standard InChI is InChI=1S/C9H12N2O5S/c1-7-2-3-8(11(12)13)6-9(7)16-4-5-17(10,14)15/h2-3,6H,4-5H2,1H3,(H2,10,14,15). The van der Waals surface area contributed by atoms with Crippen LogP contribution in [0.15, 0.2) is 18.2 Å². The first-order valence-electron chi connectivity index (χ1n) is 4.68. The molecule has 1 aromatic rings. The molecule has 0 heterocycles. The number of rotatable bonds is 5. The molecule has 0 saturated heterocycles. The number of benzene rings is 1. The van der Waals surface area contributed by atoms with Crippen molar-refractivity contribution in [3.05, 3.63) is 33.9 Å².